The molecule has 0 fully saturated rings. The molecule has 4 rings (SSSR count). The van der Waals surface area contributed by atoms with Crippen molar-refractivity contribution in [3.63, 3.8) is 0 Å². The number of halogens is 1. The highest BCUT2D eigenvalue weighted by Crippen LogP contribution is 2.27. The molecule has 1 aliphatic heterocycles. The lowest BCUT2D eigenvalue weighted by Crippen LogP contribution is -2.27. The van der Waals surface area contributed by atoms with Crippen LogP contribution in [0.3, 0.4) is 0 Å². The van der Waals surface area contributed by atoms with Crippen LogP contribution in [0.4, 0.5) is 4.39 Å². The van der Waals surface area contributed by atoms with Crippen molar-refractivity contribution in [2.24, 2.45) is 4.99 Å². The Morgan fingerprint density at radius 2 is 1.97 bits per heavy atom. The van der Waals surface area contributed by atoms with Crippen LogP contribution in [0.2, 0.25) is 0 Å². The first kappa shape index (κ1) is 20.5. The van der Waals surface area contributed by atoms with Crippen LogP contribution in [-0.4, -0.2) is 36.8 Å². The standard InChI is InChI=1S/C25H22FN3O2/c1-31-24-10-9-17(14-22(24)26)18-15-23(29-16-18)20-7-2-3-8-21(20)25(30)28-13-11-19-6-4-5-12-27-19/h2-10,12,14-15H,11,13,16H2,1H3,(H,28,30). The molecule has 0 bridgehead atoms. The van der Waals surface area contributed by atoms with Gasteiger partial charge in [-0.05, 0) is 47.5 Å². The first-order chi connectivity index (χ1) is 15.2. The van der Waals surface area contributed by atoms with Crippen LogP contribution in [-0.2, 0) is 6.42 Å². The van der Waals surface area contributed by atoms with Gasteiger partial charge in [0.25, 0.3) is 5.91 Å². The summed E-state index contributed by atoms with van der Waals surface area (Å²) < 4.78 is 19.1. The number of pyridine rings is 1. The third-order valence-corrected chi connectivity index (χ3v) is 5.09. The average Bonchev–Trinajstić information content (AvgIpc) is 3.30. The van der Waals surface area contributed by atoms with Crippen LogP contribution in [0.25, 0.3) is 5.57 Å². The number of aromatic nitrogens is 1. The highest BCUT2D eigenvalue weighted by atomic mass is 19.1. The number of aliphatic imine (C=N–C) groups is 1. The van der Waals surface area contributed by atoms with E-state index in [9.17, 15) is 9.18 Å². The normalized spacial score (nSPS) is 12.8. The number of rotatable bonds is 7. The second-order valence-corrected chi connectivity index (χ2v) is 7.09. The summed E-state index contributed by atoms with van der Waals surface area (Å²) in [5.41, 5.74) is 4.58. The van der Waals surface area contributed by atoms with Crippen LogP contribution in [0, 0.1) is 5.82 Å². The molecule has 1 aliphatic rings. The van der Waals surface area contributed by atoms with Crippen LogP contribution >= 0.6 is 0 Å². The molecule has 2 heterocycles. The molecule has 6 heteroatoms. The maximum atomic E-state index is 14.1. The number of amides is 1. The molecule has 0 saturated carbocycles. The SMILES string of the molecule is COc1ccc(C2=CC(c3ccccc3C(=O)NCCc3ccccn3)=NC2)cc1F. The van der Waals surface area contributed by atoms with E-state index in [0.717, 1.165) is 22.4 Å². The van der Waals surface area contributed by atoms with E-state index in [4.69, 9.17) is 4.74 Å². The number of benzene rings is 2. The topological polar surface area (TPSA) is 63.6 Å². The van der Waals surface area contributed by atoms with E-state index < -0.39 is 5.82 Å². The molecule has 1 amide bonds. The molecule has 3 aromatic rings. The van der Waals surface area contributed by atoms with E-state index in [-0.39, 0.29) is 11.7 Å². The van der Waals surface area contributed by atoms with Crippen molar-refractivity contribution >= 4 is 17.2 Å². The summed E-state index contributed by atoms with van der Waals surface area (Å²) >= 11 is 0. The maximum absolute atomic E-state index is 14.1. The second-order valence-electron chi connectivity index (χ2n) is 7.09. The Balaban J connectivity index is 1.49. The lowest BCUT2D eigenvalue weighted by atomic mass is 10.00. The van der Waals surface area contributed by atoms with Crippen molar-refractivity contribution in [2.75, 3.05) is 20.2 Å². The van der Waals surface area contributed by atoms with Crippen molar-refractivity contribution in [1.29, 1.82) is 0 Å². The lowest BCUT2D eigenvalue weighted by Gasteiger charge is -2.09. The van der Waals surface area contributed by atoms with E-state index in [1.165, 1.54) is 13.2 Å². The van der Waals surface area contributed by atoms with E-state index >= 15 is 0 Å². The fourth-order valence-electron chi connectivity index (χ4n) is 3.48. The third-order valence-electron chi connectivity index (χ3n) is 5.09. The van der Waals surface area contributed by atoms with E-state index in [1.54, 1.807) is 18.3 Å². The van der Waals surface area contributed by atoms with Crippen molar-refractivity contribution < 1.29 is 13.9 Å². The molecule has 0 radical (unpaired) electrons. The van der Waals surface area contributed by atoms with Crippen molar-refractivity contribution in [3.8, 4) is 5.75 Å². The number of carbonyl (C=O) groups excluding carboxylic acids is 1. The lowest BCUT2D eigenvalue weighted by molar-refractivity contribution is 0.0954. The number of hydrogen-bond acceptors (Lipinski definition) is 4. The van der Waals surface area contributed by atoms with Crippen molar-refractivity contribution in [2.45, 2.75) is 6.42 Å². The molecule has 2 aromatic carbocycles. The van der Waals surface area contributed by atoms with Gasteiger partial charge in [0.15, 0.2) is 11.6 Å². The van der Waals surface area contributed by atoms with Gasteiger partial charge in [0.05, 0.1) is 19.4 Å². The molecule has 1 aromatic heterocycles. The molecule has 31 heavy (non-hydrogen) atoms. The van der Waals surface area contributed by atoms with Gasteiger partial charge in [0.2, 0.25) is 0 Å². The predicted molar refractivity (Wildman–Crippen MR) is 119 cm³/mol. The Bertz CT molecular complexity index is 1160. The van der Waals surface area contributed by atoms with E-state index in [2.05, 4.69) is 15.3 Å². The van der Waals surface area contributed by atoms with E-state index in [0.29, 0.717) is 30.8 Å². The predicted octanol–water partition coefficient (Wildman–Crippen LogP) is 4.09. The van der Waals surface area contributed by atoms with Gasteiger partial charge in [-0.2, -0.15) is 0 Å². The summed E-state index contributed by atoms with van der Waals surface area (Å²) in [6.07, 6.45) is 4.30. The average molecular weight is 415 g/mol. The molecule has 1 N–H and O–H groups in total. The minimum Gasteiger partial charge on any atom is -0.494 e. The molecule has 156 valence electrons. The van der Waals surface area contributed by atoms with Crippen LogP contribution < -0.4 is 10.1 Å². The van der Waals surface area contributed by atoms with Gasteiger partial charge >= 0.3 is 0 Å². The summed E-state index contributed by atoms with van der Waals surface area (Å²) in [7, 11) is 1.44. The number of ether oxygens (including phenoxy) is 1. The maximum Gasteiger partial charge on any atom is 0.251 e. The number of hydrogen-bond donors (Lipinski definition) is 1. The zero-order valence-electron chi connectivity index (χ0n) is 17.1. The van der Waals surface area contributed by atoms with Gasteiger partial charge in [0, 0.05) is 36.0 Å². The summed E-state index contributed by atoms with van der Waals surface area (Å²) in [4.78, 5) is 21.7. The first-order valence-electron chi connectivity index (χ1n) is 10.0. The van der Waals surface area contributed by atoms with Gasteiger partial charge in [0.1, 0.15) is 0 Å². The van der Waals surface area contributed by atoms with Gasteiger partial charge in [-0.3, -0.25) is 14.8 Å². The molecular formula is C25H22FN3O2. The Morgan fingerprint density at radius 3 is 2.74 bits per heavy atom. The number of methoxy groups -OCH3 is 1. The molecule has 0 atom stereocenters. The van der Waals surface area contributed by atoms with Crippen molar-refractivity contribution in [1.82, 2.24) is 10.3 Å². The minimum absolute atomic E-state index is 0.161. The Morgan fingerprint density at radius 1 is 1.13 bits per heavy atom. The molecule has 0 saturated heterocycles. The summed E-state index contributed by atoms with van der Waals surface area (Å²) in [6.45, 7) is 0.916. The Kier molecular flexibility index (Phi) is 6.17. The summed E-state index contributed by atoms with van der Waals surface area (Å²) in [5.74, 6) is -0.371. The minimum atomic E-state index is -0.415. The van der Waals surface area contributed by atoms with E-state index in [1.807, 2.05) is 48.5 Å². The number of allylic oxidation sites excluding steroid dienone is 1. The number of carbonyl (C=O) groups is 1. The molecule has 0 unspecified atom stereocenters. The third kappa shape index (κ3) is 4.69. The smallest absolute Gasteiger partial charge is 0.251 e. The quantitative estimate of drug-likeness (QED) is 0.632. The highest BCUT2D eigenvalue weighted by molar-refractivity contribution is 6.19. The summed E-state index contributed by atoms with van der Waals surface area (Å²) in [6, 6.07) is 17.9. The fourth-order valence-corrected chi connectivity index (χ4v) is 3.48. The first-order valence-corrected chi connectivity index (χ1v) is 10.0. The van der Waals surface area contributed by atoms with Crippen LogP contribution in [0.5, 0.6) is 5.75 Å². The van der Waals surface area contributed by atoms with Crippen LogP contribution in [0.1, 0.15) is 27.2 Å². The van der Waals surface area contributed by atoms with Crippen LogP contribution in [0.15, 0.2) is 77.9 Å². The monoisotopic (exact) mass is 415 g/mol. The summed E-state index contributed by atoms with van der Waals surface area (Å²) in [5, 5.41) is 2.96. The highest BCUT2D eigenvalue weighted by Gasteiger charge is 2.18. The second kappa shape index (κ2) is 9.34. The Hall–Kier alpha value is -3.80. The molecule has 5 nitrogen and oxygen atoms in total. The van der Waals surface area contributed by atoms with Gasteiger partial charge in [-0.15, -0.1) is 0 Å². The fraction of sp³-hybridized carbons (Fsp3) is 0.160. The molecule has 0 spiro atoms. The largest absolute Gasteiger partial charge is 0.494 e. The zero-order valence-corrected chi connectivity index (χ0v) is 17.1. The number of nitrogens with one attached hydrogen (secondary N) is 1. The molecule has 0 aliphatic carbocycles. The zero-order chi connectivity index (χ0) is 21.6. The molecular weight excluding hydrogens is 393 g/mol. The Labute approximate surface area is 180 Å². The van der Waals surface area contributed by atoms with Gasteiger partial charge in [-0.1, -0.05) is 30.3 Å². The van der Waals surface area contributed by atoms with Gasteiger partial charge < -0.3 is 10.1 Å². The number of nitrogens with zero attached hydrogens (tertiary/aromatic N) is 2. The van der Waals surface area contributed by atoms with Crippen molar-refractivity contribution in [3.05, 3.63) is 101 Å². The van der Waals surface area contributed by atoms with Gasteiger partial charge in [-0.25, -0.2) is 4.39 Å².